The second-order valence-corrected chi connectivity index (χ2v) is 16.2. The predicted octanol–water partition coefficient (Wildman–Crippen LogP) is 7.50. The first-order valence-electron chi connectivity index (χ1n) is 20.7. The summed E-state index contributed by atoms with van der Waals surface area (Å²) in [4.78, 5) is 25.2. The molecule has 53 heavy (non-hydrogen) atoms. The Kier molecular flexibility index (Phi) is 29.4. The third kappa shape index (κ3) is 26.8. The number of carbonyl (C=O) groups is 2. The third-order valence-electron chi connectivity index (χ3n) is 9.60. The Hall–Kier alpha value is -1.61. The van der Waals surface area contributed by atoms with Crippen molar-refractivity contribution in [2.45, 2.75) is 211 Å². The van der Waals surface area contributed by atoms with E-state index >= 15 is 0 Å². The Morgan fingerprint density at radius 1 is 0.623 bits per heavy atom. The van der Waals surface area contributed by atoms with Crippen molar-refractivity contribution in [1.29, 1.82) is 0 Å². The van der Waals surface area contributed by atoms with Gasteiger partial charge in [-0.05, 0) is 38.5 Å². The molecule has 0 aromatic rings. The summed E-state index contributed by atoms with van der Waals surface area (Å²) in [5.74, 6) is -1.98. The maximum absolute atomic E-state index is 12.7. The smallest absolute Gasteiger partial charge is 0.306 e. The van der Waals surface area contributed by atoms with Crippen molar-refractivity contribution in [3.63, 3.8) is 0 Å². The lowest BCUT2D eigenvalue weighted by Crippen LogP contribution is -2.60. The molecule has 1 aliphatic heterocycles. The van der Waals surface area contributed by atoms with Crippen molar-refractivity contribution >= 4 is 22.1 Å². The van der Waals surface area contributed by atoms with Crippen LogP contribution in [0, 0.1) is 0 Å². The molecule has 1 heterocycles. The molecule has 1 aliphatic rings. The van der Waals surface area contributed by atoms with E-state index in [1.807, 2.05) is 0 Å². The summed E-state index contributed by atoms with van der Waals surface area (Å²) in [6.45, 7) is 3.70. The van der Waals surface area contributed by atoms with Gasteiger partial charge in [0.2, 0.25) is 0 Å². The minimum atomic E-state index is -4.59. The van der Waals surface area contributed by atoms with Gasteiger partial charge in [0, 0.05) is 12.8 Å². The number of esters is 2. The van der Waals surface area contributed by atoms with E-state index in [0.29, 0.717) is 12.8 Å². The highest BCUT2D eigenvalue weighted by atomic mass is 32.2. The molecular weight excluding hydrogens is 704 g/mol. The first-order chi connectivity index (χ1) is 25.5. The van der Waals surface area contributed by atoms with Crippen LogP contribution >= 0.6 is 0 Å². The number of rotatable bonds is 34. The van der Waals surface area contributed by atoms with Crippen LogP contribution in [0.15, 0.2) is 12.2 Å². The van der Waals surface area contributed by atoms with E-state index in [9.17, 15) is 37.9 Å². The molecule has 4 N–H and O–H groups in total. The van der Waals surface area contributed by atoms with Crippen LogP contribution in [0.4, 0.5) is 0 Å². The molecular formula is C40H74O12S. The van der Waals surface area contributed by atoms with Gasteiger partial charge in [-0.15, -0.1) is 0 Å². The largest absolute Gasteiger partial charge is 0.462 e. The summed E-state index contributed by atoms with van der Waals surface area (Å²) in [5.41, 5.74) is 0. The molecule has 1 fully saturated rings. The van der Waals surface area contributed by atoms with Crippen molar-refractivity contribution in [2.24, 2.45) is 0 Å². The fourth-order valence-electron chi connectivity index (χ4n) is 6.32. The van der Waals surface area contributed by atoms with Gasteiger partial charge in [0.25, 0.3) is 10.1 Å². The first-order valence-corrected chi connectivity index (χ1v) is 22.4. The maximum atomic E-state index is 12.7. The Labute approximate surface area is 320 Å². The quantitative estimate of drug-likeness (QED) is 0.0219. The van der Waals surface area contributed by atoms with Gasteiger partial charge in [0.05, 0.1) is 6.61 Å². The normalized spacial score (nSPS) is 21.2. The lowest BCUT2D eigenvalue weighted by Gasteiger charge is -2.40. The Balaban J connectivity index is 2.45. The minimum Gasteiger partial charge on any atom is -0.462 e. The van der Waals surface area contributed by atoms with Crippen molar-refractivity contribution in [3.8, 4) is 0 Å². The van der Waals surface area contributed by atoms with Gasteiger partial charge >= 0.3 is 11.9 Å². The van der Waals surface area contributed by atoms with Crippen LogP contribution in [0.5, 0.6) is 0 Å². The van der Waals surface area contributed by atoms with Gasteiger partial charge in [0.1, 0.15) is 36.8 Å². The van der Waals surface area contributed by atoms with E-state index in [1.165, 1.54) is 96.3 Å². The monoisotopic (exact) mass is 778 g/mol. The second kappa shape index (κ2) is 31.6. The summed E-state index contributed by atoms with van der Waals surface area (Å²) in [5, 5.41) is 30.7. The van der Waals surface area contributed by atoms with Gasteiger partial charge in [-0.3, -0.25) is 14.1 Å². The molecule has 12 nitrogen and oxygen atoms in total. The lowest BCUT2D eigenvalue weighted by atomic mass is 10.00. The summed E-state index contributed by atoms with van der Waals surface area (Å²) >= 11 is 0. The molecule has 2 unspecified atom stereocenters. The molecule has 0 aromatic heterocycles. The molecule has 6 atom stereocenters. The van der Waals surface area contributed by atoms with Crippen LogP contribution in [-0.4, -0.2) is 96.0 Å². The number of aliphatic hydroxyl groups is 3. The standard InChI is InChI=1S/C40H74O12S/c1-3-5-7-9-11-13-14-15-16-17-18-19-20-21-23-25-27-29-36(42)51-33(30-49-35(41)28-26-24-22-12-10-8-6-4-2)31-50-40-39(45)38(44)37(43)34(52-40)32-53(46,47)48/h13-14,33-34,37-40,43-45H,3-12,15-32H2,1-2H3,(H,46,47,48)/b14-13+/t33-,34-,37-,38?,39?,40+/m1/s1. The lowest BCUT2D eigenvalue weighted by molar-refractivity contribution is -0.297. The molecule has 1 rings (SSSR count). The highest BCUT2D eigenvalue weighted by Gasteiger charge is 2.46. The molecule has 0 aliphatic carbocycles. The van der Waals surface area contributed by atoms with Crippen molar-refractivity contribution in [2.75, 3.05) is 19.0 Å². The number of unbranched alkanes of at least 4 members (excludes halogenated alkanes) is 20. The molecule has 0 saturated carbocycles. The zero-order valence-electron chi connectivity index (χ0n) is 32.9. The molecule has 1 saturated heterocycles. The van der Waals surface area contributed by atoms with Crippen LogP contribution in [0.25, 0.3) is 0 Å². The van der Waals surface area contributed by atoms with Crippen molar-refractivity contribution in [3.05, 3.63) is 12.2 Å². The Morgan fingerprint density at radius 2 is 1.08 bits per heavy atom. The molecule has 0 bridgehead atoms. The number of ether oxygens (including phenoxy) is 4. The molecule has 0 amide bonds. The average Bonchev–Trinajstić information content (AvgIpc) is 3.12. The maximum Gasteiger partial charge on any atom is 0.306 e. The molecule has 13 heteroatoms. The van der Waals surface area contributed by atoms with Gasteiger partial charge in [-0.1, -0.05) is 135 Å². The average molecular weight is 779 g/mol. The molecule has 0 spiro atoms. The fraction of sp³-hybridized carbons (Fsp3) is 0.900. The fourth-order valence-corrected chi connectivity index (χ4v) is 7.01. The third-order valence-corrected chi connectivity index (χ3v) is 10.3. The van der Waals surface area contributed by atoms with E-state index in [0.717, 1.165) is 38.5 Å². The summed E-state index contributed by atoms with van der Waals surface area (Å²) in [7, 11) is -4.59. The van der Waals surface area contributed by atoms with Crippen molar-refractivity contribution < 1.29 is 56.8 Å². The van der Waals surface area contributed by atoms with E-state index in [1.54, 1.807) is 0 Å². The molecule has 312 valence electrons. The zero-order chi connectivity index (χ0) is 39.2. The van der Waals surface area contributed by atoms with Gasteiger partial charge in [0.15, 0.2) is 12.4 Å². The van der Waals surface area contributed by atoms with Crippen LogP contribution in [0.1, 0.15) is 174 Å². The van der Waals surface area contributed by atoms with Gasteiger partial charge < -0.3 is 34.3 Å². The predicted molar refractivity (Wildman–Crippen MR) is 206 cm³/mol. The highest BCUT2D eigenvalue weighted by molar-refractivity contribution is 7.85. The SMILES string of the molecule is CCCCCC/C=C/CCCCCCCCCCCC(=O)O[C@H](COC(=O)CCCCCCCCCC)CO[C@H]1O[C@H](CS(=O)(=O)O)[C@@H](O)C(O)C1O. The summed E-state index contributed by atoms with van der Waals surface area (Å²) in [6, 6.07) is 0. The van der Waals surface area contributed by atoms with E-state index in [4.69, 9.17) is 18.9 Å². The Bertz CT molecular complexity index is 1050. The van der Waals surface area contributed by atoms with E-state index in [2.05, 4.69) is 26.0 Å². The van der Waals surface area contributed by atoms with Crippen LogP contribution < -0.4 is 0 Å². The van der Waals surface area contributed by atoms with E-state index in [-0.39, 0.29) is 19.4 Å². The minimum absolute atomic E-state index is 0.165. The van der Waals surface area contributed by atoms with Crippen molar-refractivity contribution in [1.82, 2.24) is 0 Å². The van der Waals surface area contributed by atoms with E-state index < -0.39 is 71.2 Å². The van der Waals surface area contributed by atoms with Crippen LogP contribution in [0.2, 0.25) is 0 Å². The number of hydrogen-bond acceptors (Lipinski definition) is 11. The Morgan fingerprint density at radius 3 is 1.58 bits per heavy atom. The highest BCUT2D eigenvalue weighted by Crippen LogP contribution is 2.24. The second-order valence-electron chi connectivity index (χ2n) is 14.7. The number of allylic oxidation sites excluding steroid dienone is 2. The molecule has 0 radical (unpaired) electrons. The van der Waals surface area contributed by atoms with Gasteiger partial charge in [-0.25, -0.2) is 0 Å². The summed E-state index contributed by atoms with van der Waals surface area (Å²) in [6.07, 6.45) is 21.4. The number of aliphatic hydroxyl groups excluding tert-OH is 3. The van der Waals surface area contributed by atoms with Crippen LogP contribution in [-0.2, 0) is 38.7 Å². The van der Waals surface area contributed by atoms with Gasteiger partial charge in [-0.2, -0.15) is 8.42 Å². The number of hydrogen-bond donors (Lipinski definition) is 4. The number of carbonyl (C=O) groups excluding carboxylic acids is 2. The zero-order valence-corrected chi connectivity index (χ0v) is 33.7. The first kappa shape index (κ1) is 49.4. The molecule has 0 aromatic carbocycles. The topological polar surface area (TPSA) is 186 Å². The van der Waals surface area contributed by atoms with Crippen LogP contribution in [0.3, 0.4) is 0 Å². The summed E-state index contributed by atoms with van der Waals surface area (Å²) < 4.78 is 53.8.